The van der Waals surface area contributed by atoms with Crippen molar-refractivity contribution in [1.82, 2.24) is 5.43 Å². The maximum absolute atomic E-state index is 12.4. The van der Waals surface area contributed by atoms with E-state index in [1.165, 1.54) is 36.8 Å². The number of nitrogens with zero attached hydrogens (tertiary/aromatic N) is 2. The SMILES string of the molecule is COC(=O)COc1ccc(Br)cc1/C=N\NC(=O)c1cc2cc([N+](=O)[O-])ccc2s1. The van der Waals surface area contributed by atoms with E-state index in [2.05, 4.69) is 31.2 Å². The molecule has 154 valence electrons. The summed E-state index contributed by atoms with van der Waals surface area (Å²) in [5.74, 6) is -0.600. The van der Waals surface area contributed by atoms with Gasteiger partial charge in [-0.3, -0.25) is 14.9 Å². The quantitative estimate of drug-likeness (QED) is 0.231. The standard InChI is InChI=1S/C19H14BrN3O6S/c1-28-18(24)10-29-15-4-2-13(20)6-12(15)9-21-22-19(25)17-8-11-7-14(23(26)27)3-5-16(11)30-17/h2-9H,10H2,1H3,(H,22,25)/b21-9-. The summed E-state index contributed by atoms with van der Waals surface area (Å²) in [7, 11) is 1.26. The number of esters is 1. The van der Waals surface area contributed by atoms with Gasteiger partial charge >= 0.3 is 5.97 Å². The van der Waals surface area contributed by atoms with Crippen molar-refractivity contribution < 1.29 is 24.0 Å². The summed E-state index contributed by atoms with van der Waals surface area (Å²) in [4.78, 5) is 34.4. The first-order valence-electron chi connectivity index (χ1n) is 8.38. The van der Waals surface area contributed by atoms with Crippen molar-refractivity contribution in [2.45, 2.75) is 0 Å². The van der Waals surface area contributed by atoms with Crippen LogP contribution in [0.3, 0.4) is 0 Å². The van der Waals surface area contributed by atoms with E-state index in [-0.39, 0.29) is 12.3 Å². The van der Waals surface area contributed by atoms with Crippen LogP contribution in [0.15, 0.2) is 52.0 Å². The fourth-order valence-electron chi connectivity index (χ4n) is 2.42. The second kappa shape index (κ2) is 9.46. The van der Waals surface area contributed by atoms with Gasteiger partial charge in [0, 0.05) is 32.3 Å². The number of nitrogens with one attached hydrogen (secondary N) is 1. The maximum Gasteiger partial charge on any atom is 0.343 e. The van der Waals surface area contributed by atoms with Gasteiger partial charge in [-0.15, -0.1) is 11.3 Å². The minimum atomic E-state index is -0.529. The van der Waals surface area contributed by atoms with Gasteiger partial charge in [-0.2, -0.15) is 5.10 Å². The molecule has 3 rings (SSSR count). The molecule has 2 aromatic carbocycles. The molecule has 0 radical (unpaired) electrons. The molecule has 0 saturated heterocycles. The number of benzene rings is 2. The number of carbonyl (C=O) groups is 2. The summed E-state index contributed by atoms with van der Waals surface area (Å²) < 4.78 is 11.5. The number of non-ortho nitro benzene ring substituents is 1. The molecule has 0 bridgehead atoms. The molecular weight excluding hydrogens is 478 g/mol. The minimum absolute atomic E-state index is 0.0422. The number of rotatable bonds is 7. The number of thiophene rings is 1. The topological polar surface area (TPSA) is 120 Å². The summed E-state index contributed by atoms with van der Waals surface area (Å²) in [6.07, 6.45) is 1.38. The van der Waals surface area contributed by atoms with Crippen LogP contribution in [0.25, 0.3) is 10.1 Å². The first-order valence-corrected chi connectivity index (χ1v) is 9.99. The van der Waals surface area contributed by atoms with Crippen LogP contribution in [-0.4, -0.2) is 36.7 Å². The Bertz CT molecular complexity index is 1160. The number of nitro groups is 1. The normalized spacial score (nSPS) is 10.9. The van der Waals surface area contributed by atoms with Crippen molar-refractivity contribution in [1.29, 1.82) is 0 Å². The second-order valence-electron chi connectivity index (χ2n) is 5.84. The average molecular weight is 492 g/mol. The Morgan fingerprint density at radius 2 is 2.07 bits per heavy atom. The Morgan fingerprint density at radius 1 is 1.27 bits per heavy atom. The summed E-state index contributed by atoms with van der Waals surface area (Å²) in [5.41, 5.74) is 2.90. The molecule has 30 heavy (non-hydrogen) atoms. The van der Waals surface area contributed by atoms with Crippen LogP contribution in [0, 0.1) is 10.1 Å². The predicted octanol–water partition coefficient (Wildman–Crippen LogP) is 3.89. The van der Waals surface area contributed by atoms with Crippen LogP contribution in [0.4, 0.5) is 5.69 Å². The Hall–Kier alpha value is -3.31. The molecular formula is C19H14BrN3O6S. The summed E-state index contributed by atoms with van der Waals surface area (Å²) in [6.45, 7) is -0.265. The number of halogens is 1. The second-order valence-corrected chi connectivity index (χ2v) is 7.84. The number of fused-ring (bicyclic) bond motifs is 1. The number of hydrazone groups is 1. The Morgan fingerprint density at radius 3 is 2.80 bits per heavy atom. The molecule has 1 aromatic heterocycles. The lowest BCUT2D eigenvalue weighted by molar-refractivity contribution is -0.384. The Kier molecular flexibility index (Phi) is 6.75. The largest absolute Gasteiger partial charge is 0.481 e. The lowest BCUT2D eigenvalue weighted by Gasteiger charge is -2.08. The highest BCUT2D eigenvalue weighted by molar-refractivity contribution is 9.10. The Labute approximate surface area is 182 Å². The highest BCUT2D eigenvalue weighted by Gasteiger charge is 2.13. The molecule has 0 spiro atoms. The van der Waals surface area contributed by atoms with Gasteiger partial charge in [-0.1, -0.05) is 15.9 Å². The van der Waals surface area contributed by atoms with Gasteiger partial charge in [0.25, 0.3) is 11.6 Å². The fourth-order valence-corrected chi connectivity index (χ4v) is 3.73. The molecule has 0 aliphatic rings. The number of amides is 1. The molecule has 0 aliphatic carbocycles. The van der Waals surface area contributed by atoms with Crippen LogP contribution in [0.5, 0.6) is 5.75 Å². The van der Waals surface area contributed by atoms with E-state index in [0.29, 0.717) is 21.6 Å². The van der Waals surface area contributed by atoms with Gasteiger partial charge in [0.05, 0.1) is 23.1 Å². The van der Waals surface area contributed by atoms with E-state index < -0.39 is 16.8 Å². The molecule has 1 amide bonds. The maximum atomic E-state index is 12.4. The van der Waals surface area contributed by atoms with Crippen molar-refractivity contribution in [2.75, 3.05) is 13.7 Å². The molecule has 3 aromatic rings. The number of hydrogen-bond donors (Lipinski definition) is 1. The third-order valence-corrected chi connectivity index (χ3v) is 5.46. The highest BCUT2D eigenvalue weighted by atomic mass is 79.9. The number of ether oxygens (including phenoxy) is 2. The van der Waals surface area contributed by atoms with Crippen molar-refractivity contribution >= 4 is 61.1 Å². The molecule has 0 atom stereocenters. The third kappa shape index (κ3) is 5.19. The lowest BCUT2D eigenvalue weighted by Crippen LogP contribution is -2.16. The van der Waals surface area contributed by atoms with E-state index in [1.54, 1.807) is 30.3 Å². The van der Waals surface area contributed by atoms with Crippen molar-refractivity contribution in [3.05, 3.63) is 67.5 Å². The van der Waals surface area contributed by atoms with Crippen LogP contribution >= 0.6 is 27.3 Å². The van der Waals surface area contributed by atoms with Gasteiger partial charge in [0.15, 0.2) is 6.61 Å². The lowest BCUT2D eigenvalue weighted by atomic mass is 10.2. The fraction of sp³-hybridized carbons (Fsp3) is 0.105. The zero-order chi connectivity index (χ0) is 21.7. The molecule has 1 heterocycles. The monoisotopic (exact) mass is 491 g/mol. The van der Waals surface area contributed by atoms with E-state index in [4.69, 9.17) is 4.74 Å². The Balaban J connectivity index is 1.72. The number of methoxy groups -OCH3 is 1. The smallest absolute Gasteiger partial charge is 0.343 e. The number of nitro benzene ring substituents is 1. The third-order valence-electron chi connectivity index (χ3n) is 3.85. The average Bonchev–Trinajstić information content (AvgIpc) is 3.16. The van der Waals surface area contributed by atoms with E-state index in [1.807, 2.05) is 0 Å². The zero-order valence-corrected chi connectivity index (χ0v) is 17.9. The van der Waals surface area contributed by atoms with Gasteiger partial charge < -0.3 is 9.47 Å². The minimum Gasteiger partial charge on any atom is -0.481 e. The van der Waals surface area contributed by atoms with Gasteiger partial charge in [0.2, 0.25) is 0 Å². The first kappa shape index (κ1) is 21.4. The van der Waals surface area contributed by atoms with Crippen molar-refractivity contribution in [2.24, 2.45) is 5.10 Å². The molecule has 0 aliphatic heterocycles. The van der Waals surface area contributed by atoms with Crippen molar-refractivity contribution in [3.63, 3.8) is 0 Å². The number of hydrogen-bond acceptors (Lipinski definition) is 8. The molecule has 11 heteroatoms. The molecule has 0 saturated carbocycles. The molecule has 0 unspecified atom stereocenters. The molecule has 1 N–H and O–H groups in total. The summed E-state index contributed by atoms with van der Waals surface area (Å²) in [5, 5.41) is 15.4. The van der Waals surface area contributed by atoms with E-state index in [0.717, 1.165) is 9.17 Å². The molecule has 9 nitrogen and oxygen atoms in total. The van der Waals surface area contributed by atoms with Gasteiger partial charge in [-0.05, 0) is 30.3 Å². The van der Waals surface area contributed by atoms with Crippen LogP contribution in [0.2, 0.25) is 0 Å². The van der Waals surface area contributed by atoms with Gasteiger partial charge in [-0.25, -0.2) is 10.2 Å². The highest BCUT2D eigenvalue weighted by Crippen LogP contribution is 2.29. The predicted molar refractivity (Wildman–Crippen MR) is 115 cm³/mol. The van der Waals surface area contributed by atoms with Gasteiger partial charge in [0.1, 0.15) is 5.75 Å². The van der Waals surface area contributed by atoms with Crippen LogP contribution < -0.4 is 10.2 Å². The summed E-state index contributed by atoms with van der Waals surface area (Å²) >= 11 is 4.54. The zero-order valence-electron chi connectivity index (χ0n) is 15.5. The van der Waals surface area contributed by atoms with E-state index in [9.17, 15) is 19.7 Å². The van der Waals surface area contributed by atoms with Crippen LogP contribution in [0.1, 0.15) is 15.2 Å². The van der Waals surface area contributed by atoms with Crippen molar-refractivity contribution in [3.8, 4) is 5.75 Å². The summed E-state index contributed by atoms with van der Waals surface area (Å²) in [6, 6.07) is 11.1. The number of carbonyl (C=O) groups excluding carboxylic acids is 2. The van der Waals surface area contributed by atoms with Crippen LogP contribution in [-0.2, 0) is 9.53 Å². The first-order chi connectivity index (χ1) is 14.4. The molecule has 0 fully saturated rings. The van der Waals surface area contributed by atoms with E-state index >= 15 is 0 Å².